The third-order valence-corrected chi connectivity index (χ3v) is 3.44. The Morgan fingerprint density at radius 2 is 1.89 bits per heavy atom. The molecule has 0 radical (unpaired) electrons. The van der Waals surface area contributed by atoms with Gasteiger partial charge in [-0.05, 0) is 19.8 Å². The van der Waals surface area contributed by atoms with Gasteiger partial charge in [0, 0.05) is 13.5 Å². The molecule has 1 fully saturated rings. The third-order valence-electron chi connectivity index (χ3n) is 3.44. The van der Waals surface area contributed by atoms with E-state index >= 15 is 0 Å². The second-order valence-corrected chi connectivity index (χ2v) is 4.72. The van der Waals surface area contributed by atoms with Gasteiger partial charge in [0.25, 0.3) is 0 Å². The Bertz CT molecular complexity index is 292. The van der Waals surface area contributed by atoms with Crippen molar-refractivity contribution >= 4 is 11.9 Å². The Kier molecular flexibility index (Phi) is 5.59. The molecule has 1 unspecified atom stereocenters. The first-order chi connectivity index (χ1) is 8.55. The number of esters is 1. The van der Waals surface area contributed by atoms with Crippen molar-refractivity contribution in [2.24, 2.45) is 0 Å². The van der Waals surface area contributed by atoms with Crippen LogP contribution in [0.15, 0.2) is 0 Å². The quantitative estimate of drug-likeness (QED) is 0.756. The highest BCUT2D eigenvalue weighted by Gasteiger charge is 2.45. The van der Waals surface area contributed by atoms with Crippen LogP contribution >= 0.6 is 0 Å². The summed E-state index contributed by atoms with van der Waals surface area (Å²) in [5.41, 5.74) is -0.605. The molecule has 104 valence electrons. The first-order valence-corrected chi connectivity index (χ1v) is 6.54. The maximum absolute atomic E-state index is 11.9. The average molecular weight is 257 g/mol. The van der Waals surface area contributed by atoms with Crippen LogP contribution in [-0.2, 0) is 19.1 Å². The van der Waals surface area contributed by atoms with E-state index in [-0.39, 0.29) is 5.91 Å². The molecular formula is C13H23NO4. The molecule has 1 aliphatic rings. The van der Waals surface area contributed by atoms with E-state index in [1.54, 1.807) is 0 Å². The molecule has 0 spiro atoms. The fraction of sp³-hybridized carbons (Fsp3) is 0.846. The van der Waals surface area contributed by atoms with Gasteiger partial charge in [-0.3, -0.25) is 4.79 Å². The number of carbonyl (C=O) groups is 2. The van der Waals surface area contributed by atoms with Crippen molar-refractivity contribution in [1.82, 2.24) is 5.32 Å². The van der Waals surface area contributed by atoms with Crippen molar-refractivity contribution in [3.63, 3.8) is 0 Å². The van der Waals surface area contributed by atoms with Gasteiger partial charge in [-0.25, -0.2) is 4.79 Å². The molecule has 1 amide bonds. The predicted molar refractivity (Wildman–Crippen MR) is 67.1 cm³/mol. The molecule has 1 aliphatic carbocycles. The van der Waals surface area contributed by atoms with Crippen LogP contribution in [0.3, 0.4) is 0 Å². The summed E-state index contributed by atoms with van der Waals surface area (Å²) in [6.45, 7) is 3.82. The topological polar surface area (TPSA) is 64.6 Å². The molecule has 5 nitrogen and oxygen atoms in total. The maximum atomic E-state index is 11.9. The lowest BCUT2D eigenvalue weighted by Crippen LogP contribution is -2.59. The van der Waals surface area contributed by atoms with Gasteiger partial charge in [0.1, 0.15) is 0 Å². The predicted octanol–water partition coefficient (Wildman–Crippen LogP) is 1.40. The zero-order valence-electron chi connectivity index (χ0n) is 11.5. The molecule has 1 atom stereocenters. The zero-order valence-corrected chi connectivity index (χ0v) is 11.5. The number of carbonyl (C=O) groups excluding carboxylic acids is 2. The van der Waals surface area contributed by atoms with Crippen LogP contribution in [-0.4, -0.2) is 37.2 Å². The third kappa shape index (κ3) is 3.45. The number of ether oxygens (including phenoxy) is 2. The minimum atomic E-state index is -0.708. The molecule has 0 aliphatic heterocycles. The van der Waals surface area contributed by atoms with Crippen LogP contribution in [0.1, 0.15) is 46.0 Å². The Hall–Kier alpha value is -1.10. The summed E-state index contributed by atoms with van der Waals surface area (Å²) in [6.07, 6.45) is 4.71. The highest BCUT2D eigenvalue weighted by Crippen LogP contribution is 2.35. The van der Waals surface area contributed by atoms with Gasteiger partial charge < -0.3 is 14.8 Å². The van der Waals surface area contributed by atoms with Gasteiger partial charge in [-0.2, -0.15) is 0 Å². The van der Waals surface area contributed by atoms with Crippen LogP contribution in [0, 0.1) is 0 Å². The van der Waals surface area contributed by atoms with Gasteiger partial charge in [-0.15, -0.1) is 0 Å². The number of hydrogen-bond donors (Lipinski definition) is 1. The Balaban J connectivity index is 2.95. The Morgan fingerprint density at radius 3 is 2.33 bits per heavy atom. The van der Waals surface area contributed by atoms with Crippen LogP contribution < -0.4 is 5.32 Å². The number of methoxy groups -OCH3 is 1. The normalized spacial score (nSPS) is 19.9. The molecule has 0 aromatic carbocycles. The zero-order chi connectivity index (χ0) is 13.6. The van der Waals surface area contributed by atoms with Gasteiger partial charge in [0.15, 0.2) is 6.04 Å². The molecule has 0 saturated heterocycles. The van der Waals surface area contributed by atoms with Gasteiger partial charge in [0.05, 0.1) is 12.7 Å². The second-order valence-electron chi connectivity index (χ2n) is 4.72. The van der Waals surface area contributed by atoms with Crippen LogP contribution in [0.5, 0.6) is 0 Å². The van der Waals surface area contributed by atoms with Crippen molar-refractivity contribution < 1.29 is 19.1 Å². The van der Waals surface area contributed by atoms with Crippen molar-refractivity contribution in [1.29, 1.82) is 0 Å². The number of nitrogens with one attached hydrogen (secondary N) is 1. The molecule has 0 aromatic heterocycles. The van der Waals surface area contributed by atoms with Crippen molar-refractivity contribution in [2.75, 3.05) is 13.7 Å². The molecule has 18 heavy (non-hydrogen) atoms. The van der Waals surface area contributed by atoms with E-state index in [4.69, 9.17) is 9.47 Å². The molecule has 1 N–H and O–H groups in total. The molecule has 0 heterocycles. The summed E-state index contributed by atoms with van der Waals surface area (Å²) in [7, 11) is 1.33. The first kappa shape index (κ1) is 15.0. The van der Waals surface area contributed by atoms with E-state index in [0.717, 1.165) is 32.1 Å². The monoisotopic (exact) mass is 257 g/mol. The van der Waals surface area contributed by atoms with E-state index in [1.165, 1.54) is 14.0 Å². The number of amides is 1. The highest BCUT2D eigenvalue weighted by molar-refractivity contribution is 5.84. The average Bonchev–Trinajstić information content (AvgIpc) is 2.36. The fourth-order valence-corrected chi connectivity index (χ4v) is 2.68. The van der Waals surface area contributed by atoms with E-state index in [2.05, 4.69) is 5.32 Å². The summed E-state index contributed by atoms with van der Waals surface area (Å²) < 4.78 is 10.6. The second kappa shape index (κ2) is 6.73. The molecule has 0 bridgehead atoms. The van der Waals surface area contributed by atoms with Gasteiger partial charge in [-0.1, -0.05) is 19.3 Å². The molecule has 1 rings (SSSR count). The SMILES string of the molecule is CCOC1(C(NC(C)=O)C(=O)OC)CCCCC1. The molecule has 5 heteroatoms. The first-order valence-electron chi connectivity index (χ1n) is 6.54. The Labute approximate surface area is 108 Å². The summed E-state index contributed by atoms with van der Waals surface area (Å²) in [5.74, 6) is -0.671. The minimum Gasteiger partial charge on any atom is -0.467 e. The summed E-state index contributed by atoms with van der Waals surface area (Å²) in [5, 5.41) is 2.69. The lowest BCUT2D eigenvalue weighted by atomic mass is 9.79. The summed E-state index contributed by atoms with van der Waals surface area (Å²) in [4.78, 5) is 23.2. The molecule has 0 aromatic rings. The van der Waals surface area contributed by atoms with Gasteiger partial charge >= 0.3 is 5.97 Å². The smallest absolute Gasteiger partial charge is 0.331 e. The van der Waals surface area contributed by atoms with Crippen molar-refractivity contribution in [2.45, 2.75) is 57.6 Å². The largest absolute Gasteiger partial charge is 0.467 e. The number of rotatable bonds is 5. The Morgan fingerprint density at radius 1 is 1.28 bits per heavy atom. The van der Waals surface area contributed by atoms with E-state index in [0.29, 0.717) is 6.61 Å². The van der Waals surface area contributed by atoms with Crippen LogP contribution in [0.2, 0.25) is 0 Å². The van der Waals surface area contributed by atoms with Crippen molar-refractivity contribution in [3.8, 4) is 0 Å². The van der Waals surface area contributed by atoms with Gasteiger partial charge in [0.2, 0.25) is 5.91 Å². The van der Waals surface area contributed by atoms with E-state index in [1.807, 2.05) is 6.92 Å². The fourth-order valence-electron chi connectivity index (χ4n) is 2.68. The lowest BCUT2D eigenvalue weighted by Gasteiger charge is -2.41. The summed E-state index contributed by atoms with van der Waals surface area (Å²) in [6, 6.07) is -0.708. The standard InChI is InChI=1S/C13H23NO4/c1-4-18-13(8-6-5-7-9-13)11(12(16)17-3)14-10(2)15/h11H,4-9H2,1-3H3,(H,14,15). The highest BCUT2D eigenvalue weighted by atomic mass is 16.5. The lowest BCUT2D eigenvalue weighted by molar-refractivity contribution is -0.161. The van der Waals surface area contributed by atoms with E-state index in [9.17, 15) is 9.59 Å². The van der Waals surface area contributed by atoms with Crippen LogP contribution in [0.25, 0.3) is 0 Å². The molecular weight excluding hydrogens is 234 g/mol. The minimum absolute atomic E-state index is 0.241. The van der Waals surface area contributed by atoms with E-state index < -0.39 is 17.6 Å². The summed E-state index contributed by atoms with van der Waals surface area (Å²) >= 11 is 0. The number of hydrogen-bond acceptors (Lipinski definition) is 4. The van der Waals surface area contributed by atoms with Crippen molar-refractivity contribution in [3.05, 3.63) is 0 Å². The van der Waals surface area contributed by atoms with Crippen LogP contribution in [0.4, 0.5) is 0 Å². The maximum Gasteiger partial charge on any atom is 0.331 e. The molecule has 1 saturated carbocycles.